The highest BCUT2D eigenvalue weighted by molar-refractivity contribution is 7.92. The molecule has 6 nitrogen and oxygen atoms in total. The molecule has 0 unspecified atom stereocenters. The third-order valence-electron chi connectivity index (χ3n) is 5.15. The zero-order chi connectivity index (χ0) is 20.0. The molecule has 0 atom stereocenters. The lowest BCUT2D eigenvalue weighted by molar-refractivity contribution is 0.590. The van der Waals surface area contributed by atoms with Crippen molar-refractivity contribution in [3.05, 3.63) is 84.2 Å². The Morgan fingerprint density at radius 2 is 1.79 bits per heavy atom. The van der Waals surface area contributed by atoms with Gasteiger partial charge in [0.05, 0.1) is 28.5 Å². The van der Waals surface area contributed by atoms with Crippen LogP contribution in [0.2, 0.25) is 0 Å². The molecular formula is C22H18N4O2S. The lowest BCUT2D eigenvalue weighted by Gasteiger charge is -2.30. The van der Waals surface area contributed by atoms with E-state index in [0.717, 1.165) is 27.9 Å². The number of nitrogens with zero attached hydrogens (tertiary/aromatic N) is 3. The maximum Gasteiger partial charge on any atom is 0.264 e. The summed E-state index contributed by atoms with van der Waals surface area (Å²) >= 11 is 0. The number of anilines is 1. The number of aromatic amines is 1. The van der Waals surface area contributed by atoms with Crippen molar-refractivity contribution < 1.29 is 8.42 Å². The summed E-state index contributed by atoms with van der Waals surface area (Å²) in [6.45, 7) is 2.13. The van der Waals surface area contributed by atoms with Gasteiger partial charge in [0.2, 0.25) is 0 Å². The van der Waals surface area contributed by atoms with Crippen LogP contribution in [0.25, 0.3) is 22.5 Å². The third-order valence-corrected chi connectivity index (χ3v) is 6.93. The number of rotatable bonds is 3. The van der Waals surface area contributed by atoms with Crippen molar-refractivity contribution in [1.82, 2.24) is 15.2 Å². The first kappa shape index (κ1) is 17.6. The Bertz CT molecular complexity index is 1280. The summed E-state index contributed by atoms with van der Waals surface area (Å²) in [5.74, 6) is 0. The Kier molecular flexibility index (Phi) is 3.99. The van der Waals surface area contributed by atoms with Gasteiger partial charge < -0.3 is 0 Å². The molecule has 2 aromatic carbocycles. The number of aromatic nitrogens is 3. The van der Waals surface area contributed by atoms with Crippen molar-refractivity contribution in [2.24, 2.45) is 0 Å². The van der Waals surface area contributed by atoms with E-state index in [-0.39, 0.29) is 11.4 Å². The van der Waals surface area contributed by atoms with E-state index in [9.17, 15) is 8.42 Å². The first-order chi connectivity index (χ1) is 14.1. The van der Waals surface area contributed by atoms with Gasteiger partial charge in [-0.05, 0) is 37.3 Å². The summed E-state index contributed by atoms with van der Waals surface area (Å²) in [5, 5.41) is 7.58. The second kappa shape index (κ2) is 6.56. The first-order valence-corrected chi connectivity index (χ1v) is 10.7. The molecule has 1 aliphatic rings. The van der Waals surface area contributed by atoms with Gasteiger partial charge in [-0.25, -0.2) is 8.42 Å². The van der Waals surface area contributed by atoms with Crippen molar-refractivity contribution in [1.29, 1.82) is 0 Å². The van der Waals surface area contributed by atoms with Crippen LogP contribution in [0.15, 0.2) is 78.0 Å². The monoisotopic (exact) mass is 402 g/mol. The van der Waals surface area contributed by atoms with Crippen LogP contribution >= 0.6 is 0 Å². The van der Waals surface area contributed by atoms with E-state index in [1.807, 2.05) is 55.5 Å². The number of pyridine rings is 1. The molecule has 0 saturated heterocycles. The number of H-pyrrole nitrogens is 1. The third kappa shape index (κ3) is 2.82. The standard InChI is InChI=1S/C22H18N4O2S/c1-15-8-10-17(11-9-15)29(27,28)26-14-19-21(16-5-4-12-23-13-16)24-25-22(19)18-6-2-3-7-20(18)26/h2-13H,14H2,1H3,(H,24,25). The Balaban J connectivity index is 1.69. The summed E-state index contributed by atoms with van der Waals surface area (Å²) in [6, 6.07) is 18.2. The van der Waals surface area contributed by atoms with Crippen LogP contribution in [0.5, 0.6) is 0 Å². The zero-order valence-corrected chi connectivity index (χ0v) is 16.5. The Labute approximate surface area is 168 Å². The summed E-state index contributed by atoms with van der Waals surface area (Å²) < 4.78 is 28.5. The summed E-state index contributed by atoms with van der Waals surface area (Å²) in [6.07, 6.45) is 3.43. The van der Waals surface area contributed by atoms with E-state index in [0.29, 0.717) is 11.4 Å². The predicted octanol–water partition coefficient (Wildman–Crippen LogP) is 4.16. The van der Waals surface area contributed by atoms with Crippen LogP contribution < -0.4 is 4.31 Å². The number of hydrogen-bond acceptors (Lipinski definition) is 4. The molecule has 0 amide bonds. The van der Waals surface area contributed by atoms with Crippen LogP contribution in [-0.2, 0) is 16.6 Å². The number of benzene rings is 2. The zero-order valence-electron chi connectivity index (χ0n) is 15.7. The van der Waals surface area contributed by atoms with Gasteiger partial charge in [-0.2, -0.15) is 5.10 Å². The topological polar surface area (TPSA) is 79.0 Å². The number of nitrogens with one attached hydrogen (secondary N) is 1. The van der Waals surface area contributed by atoms with Gasteiger partial charge in [0.1, 0.15) is 0 Å². The Morgan fingerprint density at radius 1 is 1.00 bits per heavy atom. The number of aryl methyl sites for hydroxylation is 1. The second-order valence-electron chi connectivity index (χ2n) is 7.01. The smallest absolute Gasteiger partial charge is 0.264 e. The highest BCUT2D eigenvalue weighted by atomic mass is 32.2. The molecule has 144 valence electrons. The maximum absolute atomic E-state index is 13.5. The average molecular weight is 402 g/mol. The molecule has 7 heteroatoms. The van der Waals surface area contributed by atoms with E-state index in [1.165, 1.54) is 4.31 Å². The highest BCUT2D eigenvalue weighted by Crippen LogP contribution is 2.43. The van der Waals surface area contributed by atoms with Crippen LogP contribution in [0.3, 0.4) is 0 Å². The molecular weight excluding hydrogens is 384 g/mol. The molecule has 0 spiro atoms. The van der Waals surface area contributed by atoms with Gasteiger partial charge in [-0.1, -0.05) is 35.9 Å². The fraction of sp³-hybridized carbons (Fsp3) is 0.0909. The quantitative estimate of drug-likeness (QED) is 0.558. The summed E-state index contributed by atoms with van der Waals surface area (Å²) in [4.78, 5) is 4.44. The van der Waals surface area contributed by atoms with Crippen molar-refractivity contribution in [2.75, 3.05) is 4.31 Å². The lowest BCUT2D eigenvalue weighted by atomic mass is 9.98. The molecule has 5 rings (SSSR count). The fourth-order valence-electron chi connectivity index (χ4n) is 3.67. The van der Waals surface area contributed by atoms with Gasteiger partial charge in [-0.3, -0.25) is 14.4 Å². The maximum atomic E-state index is 13.5. The van der Waals surface area contributed by atoms with E-state index >= 15 is 0 Å². The van der Waals surface area contributed by atoms with Gasteiger partial charge in [0, 0.05) is 29.1 Å². The molecule has 0 saturated carbocycles. The number of hydrogen-bond donors (Lipinski definition) is 1. The molecule has 0 bridgehead atoms. The highest BCUT2D eigenvalue weighted by Gasteiger charge is 2.34. The van der Waals surface area contributed by atoms with E-state index in [4.69, 9.17) is 0 Å². The van der Waals surface area contributed by atoms with Crippen LogP contribution in [0, 0.1) is 6.92 Å². The minimum atomic E-state index is -3.74. The SMILES string of the molecule is Cc1ccc(S(=O)(=O)N2Cc3c(-c4cccnc4)n[nH]c3-c3ccccc32)cc1. The largest absolute Gasteiger partial charge is 0.277 e. The van der Waals surface area contributed by atoms with Crippen LogP contribution in [-0.4, -0.2) is 23.6 Å². The second-order valence-corrected chi connectivity index (χ2v) is 8.87. The molecule has 2 aromatic heterocycles. The molecule has 0 fully saturated rings. The molecule has 0 aliphatic carbocycles. The Hall–Kier alpha value is -3.45. The van der Waals surface area contributed by atoms with Gasteiger partial charge in [-0.15, -0.1) is 0 Å². The number of fused-ring (bicyclic) bond motifs is 3. The molecule has 4 aromatic rings. The van der Waals surface area contributed by atoms with Crippen LogP contribution in [0.1, 0.15) is 11.1 Å². The molecule has 1 aliphatic heterocycles. The minimum Gasteiger partial charge on any atom is -0.277 e. The molecule has 0 radical (unpaired) electrons. The number of para-hydroxylation sites is 1. The average Bonchev–Trinajstić information content (AvgIpc) is 3.18. The molecule has 3 heterocycles. The van der Waals surface area contributed by atoms with Crippen molar-refractivity contribution >= 4 is 15.7 Å². The molecule has 1 N–H and O–H groups in total. The summed E-state index contributed by atoms with van der Waals surface area (Å²) in [5.41, 5.74) is 5.71. The van der Waals surface area contributed by atoms with Crippen molar-refractivity contribution in [3.8, 4) is 22.5 Å². The van der Waals surface area contributed by atoms with E-state index < -0.39 is 10.0 Å². The summed E-state index contributed by atoms with van der Waals surface area (Å²) in [7, 11) is -3.74. The predicted molar refractivity (Wildman–Crippen MR) is 112 cm³/mol. The Morgan fingerprint density at radius 3 is 2.55 bits per heavy atom. The molecule has 29 heavy (non-hydrogen) atoms. The normalized spacial score (nSPS) is 13.1. The van der Waals surface area contributed by atoms with E-state index in [2.05, 4.69) is 15.2 Å². The van der Waals surface area contributed by atoms with Crippen LogP contribution in [0.4, 0.5) is 5.69 Å². The first-order valence-electron chi connectivity index (χ1n) is 9.22. The minimum absolute atomic E-state index is 0.198. The van der Waals surface area contributed by atoms with E-state index in [1.54, 1.807) is 24.5 Å². The number of sulfonamides is 1. The van der Waals surface area contributed by atoms with Crippen molar-refractivity contribution in [2.45, 2.75) is 18.4 Å². The fourth-order valence-corrected chi connectivity index (χ4v) is 5.12. The van der Waals surface area contributed by atoms with Gasteiger partial charge >= 0.3 is 0 Å². The van der Waals surface area contributed by atoms with Gasteiger partial charge in [0.15, 0.2) is 0 Å². The van der Waals surface area contributed by atoms with Gasteiger partial charge in [0.25, 0.3) is 10.0 Å². The lowest BCUT2D eigenvalue weighted by Crippen LogP contribution is -2.33. The van der Waals surface area contributed by atoms with Crippen molar-refractivity contribution in [3.63, 3.8) is 0 Å².